The molecule has 1 aliphatic carbocycles. The Hall–Kier alpha value is -7.30. The second-order valence-electron chi connectivity index (χ2n) is 15.2. The summed E-state index contributed by atoms with van der Waals surface area (Å²) in [5.74, 6) is 0. The van der Waals surface area contributed by atoms with Crippen molar-refractivity contribution >= 4 is 57.5 Å². The van der Waals surface area contributed by atoms with Gasteiger partial charge in [-0.3, -0.25) is 0 Å². The molecule has 58 heavy (non-hydrogen) atoms. The highest BCUT2D eigenvalue weighted by Crippen LogP contribution is 2.49. The summed E-state index contributed by atoms with van der Waals surface area (Å²) >= 11 is 0. The lowest BCUT2D eigenvalue weighted by molar-refractivity contribution is 0.882. The standard InChI is InChI=1S/C54H40BN3/c1-6-18-39(19-7-1)41-22-16-29-46(36-41)58-51-31-17-30-50-54(51)55(48-34-32-42(37-52(48)58)40-20-8-2-9-21-40)49-35-33-47(38-53(49)57(50)45-27-14-5-15-28-45)56(43-23-10-3-11-24-43)44-25-12-4-13-26-44/h1-16,18-30,32-38H,17,31H2. The minimum Gasteiger partial charge on any atom is -0.315 e. The largest absolute Gasteiger partial charge is 0.315 e. The highest BCUT2D eigenvalue weighted by Gasteiger charge is 2.46. The zero-order chi connectivity index (χ0) is 38.4. The molecule has 3 nitrogen and oxygen atoms in total. The second kappa shape index (κ2) is 14.3. The monoisotopic (exact) mass is 741 g/mol. The highest BCUT2D eigenvalue weighted by atomic mass is 15.2. The third-order valence-corrected chi connectivity index (χ3v) is 11.9. The zero-order valence-electron chi connectivity index (χ0n) is 32.1. The number of nitrogens with zero attached hydrogens (tertiary/aromatic N) is 3. The molecule has 0 radical (unpaired) electrons. The molecule has 4 heteroatoms. The smallest absolute Gasteiger partial charge is 0.251 e. The van der Waals surface area contributed by atoms with Crippen LogP contribution in [0.5, 0.6) is 0 Å². The maximum atomic E-state index is 2.59. The van der Waals surface area contributed by atoms with Crippen molar-refractivity contribution in [1.29, 1.82) is 0 Å². The van der Waals surface area contributed by atoms with Crippen LogP contribution in [0.25, 0.3) is 22.3 Å². The minimum atomic E-state index is 0.0563. The van der Waals surface area contributed by atoms with Gasteiger partial charge >= 0.3 is 0 Å². The van der Waals surface area contributed by atoms with E-state index < -0.39 is 0 Å². The van der Waals surface area contributed by atoms with Crippen molar-refractivity contribution in [3.8, 4) is 22.3 Å². The van der Waals surface area contributed by atoms with Crippen LogP contribution in [-0.4, -0.2) is 6.71 Å². The summed E-state index contributed by atoms with van der Waals surface area (Å²) in [5, 5.41) is 0. The fourth-order valence-electron chi connectivity index (χ4n) is 9.36. The molecule has 8 aromatic rings. The van der Waals surface area contributed by atoms with Crippen molar-refractivity contribution in [2.75, 3.05) is 14.7 Å². The van der Waals surface area contributed by atoms with Gasteiger partial charge in [-0.25, -0.2) is 0 Å². The van der Waals surface area contributed by atoms with E-state index in [0.717, 1.165) is 35.6 Å². The molecule has 2 heterocycles. The fourth-order valence-corrected chi connectivity index (χ4v) is 9.36. The summed E-state index contributed by atoms with van der Waals surface area (Å²) in [6.07, 6.45) is 4.39. The lowest BCUT2D eigenvalue weighted by atomic mass is 9.32. The minimum absolute atomic E-state index is 0.0563. The maximum Gasteiger partial charge on any atom is 0.251 e. The number of allylic oxidation sites excluding steroid dienone is 3. The molecule has 0 amide bonds. The Kier molecular flexibility index (Phi) is 8.40. The van der Waals surface area contributed by atoms with E-state index in [1.165, 1.54) is 67.1 Å². The number of rotatable bonds is 7. The average molecular weight is 742 g/mol. The van der Waals surface area contributed by atoms with Crippen LogP contribution in [0.1, 0.15) is 12.8 Å². The van der Waals surface area contributed by atoms with Gasteiger partial charge in [-0.1, -0.05) is 152 Å². The molecule has 0 atom stereocenters. The second-order valence-corrected chi connectivity index (χ2v) is 15.2. The summed E-state index contributed by atoms with van der Waals surface area (Å²) < 4.78 is 0. The predicted molar refractivity (Wildman–Crippen MR) is 245 cm³/mol. The van der Waals surface area contributed by atoms with Crippen LogP contribution in [0, 0.1) is 0 Å². The SMILES string of the molecule is C1=C2C3=C(CC1)N(c1cccc(-c4ccccc4)c1)c1cc(-c4ccccc4)ccc1B3c1ccc(N(c3ccccc3)c3ccccc3)cc1N2c1ccccc1. The Morgan fingerprint density at radius 1 is 0.397 bits per heavy atom. The molecule has 0 N–H and O–H groups in total. The van der Waals surface area contributed by atoms with Crippen LogP contribution >= 0.6 is 0 Å². The Balaban J connectivity index is 1.17. The summed E-state index contributed by atoms with van der Waals surface area (Å²) in [7, 11) is 0. The van der Waals surface area contributed by atoms with Crippen molar-refractivity contribution in [3.63, 3.8) is 0 Å². The van der Waals surface area contributed by atoms with Crippen LogP contribution in [0.3, 0.4) is 0 Å². The highest BCUT2D eigenvalue weighted by molar-refractivity contribution is 6.94. The lowest BCUT2D eigenvalue weighted by Crippen LogP contribution is -2.57. The van der Waals surface area contributed by atoms with E-state index in [2.05, 4.69) is 233 Å². The van der Waals surface area contributed by atoms with Crippen LogP contribution in [0.2, 0.25) is 0 Å². The first-order valence-electron chi connectivity index (χ1n) is 20.3. The van der Waals surface area contributed by atoms with Gasteiger partial charge < -0.3 is 14.7 Å². The number of hydrogen-bond acceptors (Lipinski definition) is 3. The van der Waals surface area contributed by atoms with Crippen LogP contribution < -0.4 is 25.6 Å². The molecule has 3 aliphatic rings. The normalized spacial score (nSPS) is 14.0. The van der Waals surface area contributed by atoms with E-state index in [1.807, 2.05) is 0 Å². The molecule has 2 aliphatic heterocycles. The van der Waals surface area contributed by atoms with Gasteiger partial charge in [0.05, 0.1) is 0 Å². The summed E-state index contributed by atoms with van der Waals surface area (Å²) in [5.41, 5.74) is 19.7. The quantitative estimate of drug-likeness (QED) is 0.151. The number of anilines is 7. The van der Waals surface area contributed by atoms with Crippen molar-refractivity contribution in [2.24, 2.45) is 0 Å². The third-order valence-electron chi connectivity index (χ3n) is 11.9. The van der Waals surface area contributed by atoms with Crippen molar-refractivity contribution < 1.29 is 0 Å². The third kappa shape index (κ3) is 5.76. The molecule has 8 aromatic carbocycles. The van der Waals surface area contributed by atoms with Gasteiger partial charge in [0.1, 0.15) is 0 Å². The molecular weight excluding hydrogens is 701 g/mol. The first-order chi connectivity index (χ1) is 28.8. The van der Waals surface area contributed by atoms with Gasteiger partial charge in [-0.15, -0.1) is 0 Å². The molecule has 274 valence electrons. The van der Waals surface area contributed by atoms with Gasteiger partial charge in [-0.05, 0) is 118 Å². The first-order valence-corrected chi connectivity index (χ1v) is 20.3. The van der Waals surface area contributed by atoms with Crippen molar-refractivity contribution in [3.05, 3.63) is 235 Å². The summed E-state index contributed by atoms with van der Waals surface area (Å²) in [4.78, 5) is 7.49. The Morgan fingerprint density at radius 2 is 0.914 bits per heavy atom. The predicted octanol–water partition coefficient (Wildman–Crippen LogP) is 12.9. The Bertz CT molecular complexity index is 2800. The van der Waals surface area contributed by atoms with Gasteiger partial charge in [0.15, 0.2) is 0 Å². The maximum absolute atomic E-state index is 2.59. The Labute approximate surface area is 341 Å². The van der Waals surface area contributed by atoms with Crippen LogP contribution in [0.4, 0.5) is 39.8 Å². The van der Waals surface area contributed by atoms with Gasteiger partial charge in [-0.2, -0.15) is 0 Å². The van der Waals surface area contributed by atoms with Crippen LogP contribution in [-0.2, 0) is 0 Å². The molecule has 0 saturated carbocycles. The van der Waals surface area contributed by atoms with E-state index >= 15 is 0 Å². The zero-order valence-corrected chi connectivity index (χ0v) is 32.1. The fraction of sp³-hybridized carbons (Fsp3) is 0.0370. The number of benzene rings is 8. The molecule has 11 rings (SSSR count). The molecule has 0 spiro atoms. The van der Waals surface area contributed by atoms with E-state index in [4.69, 9.17) is 0 Å². The average Bonchev–Trinajstić information content (AvgIpc) is 3.30. The lowest BCUT2D eigenvalue weighted by Gasteiger charge is -2.47. The number of fused-ring (bicyclic) bond motifs is 4. The molecule has 0 fully saturated rings. The van der Waals surface area contributed by atoms with Crippen LogP contribution in [0.15, 0.2) is 235 Å². The van der Waals surface area contributed by atoms with E-state index in [9.17, 15) is 0 Å². The molecule has 0 unspecified atom stereocenters. The Morgan fingerprint density at radius 3 is 1.55 bits per heavy atom. The van der Waals surface area contributed by atoms with Crippen molar-refractivity contribution in [1.82, 2.24) is 0 Å². The summed E-state index contributed by atoms with van der Waals surface area (Å²) in [6.45, 7) is 0.0563. The van der Waals surface area contributed by atoms with Gasteiger partial charge in [0.25, 0.3) is 6.71 Å². The number of hydrogen-bond donors (Lipinski definition) is 0. The molecular formula is C54H40BN3. The van der Waals surface area contributed by atoms with E-state index in [0.29, 0.717) is 0 Å². The first kappa shape index (κ1) is 34.0. The van der Waals surface area contributed by atoms with E-state index in [-0.39, 0.29) is 6.71 Å². The van der Waals surface area contributed by atoms with Crippen molar-refractivity contribution in [2.45, 2.75) is 12.8 Å². The molecule has 0 saturated heterocycles. The summed E-state index contributed by atoms with van der Waals surface area (Å²) in [6, 6.07) is 77.4. The van der Waals surface area contributed by atoms with Gasteiger partial charge in [0.2, 0.25) is 0 Å². The van der Waals surface area contributed by atoms with E-state index in [1.54, 1.807) is 0 Å². The molecule has 0 aromatic heterocycles. The topological polar surface area (TPSA) is 9.72 Å². The van der Waals surface area contributed by atoms with Gasteiger partial charge in [0, 0.05) is 51.2 Å². The molecule has 0 bridgehead atoms. The number of para-hydroxylation sites is 3.